The Morgan fingerprint density at radius 1 is 1.11 bits per heavy atom. The third-order valence-corrected chi connectivity index (χ3v) is 4.32. The Hall–Kier alpha value is -2.86. The standard InChI is InChI=1S/C20H18BrN3O4/c1-25-11-27-17-7-6-16-18(24-15-5-3-4-14(21)8-15)13(9-22)10-23-19(16)20(17)28-12-26-2/h3-8,10H,11-12H2,1-2H3,(H,23,24). The Labute approximate surface area is 170 Å². The van der Waals surface area contributed by atoms with Gasteiger partial charge in [-0.1, -0.05) is 22.0 Å². The van der Waals surface area contributed by atoms with Crippen LogP contribution in [0.25, 0.3) is 10.9 Å². The number of rotatable bonds is 8. The van der Waals surface area contributed by atoms with Crippen molar-refractivity contribution in [2.24, 2.45) is 0 Å². The summed E-state index contributed by atoms with van der Waals surface area (Å²) in [5, 5.41) is 13.6. The molecule has 0 amide bonds. The molecular weight excluding hydrogens is 426 g/mol. The number of nitrogens with one attached hydrogen (secondary N) is 1. The van der Waals surface area contributed by atoms with Gasteiger partial charge in [-0.3, -0.25) is 4.98 Å². The fourth-order valence-corrected chi connectivity index (χ4v) is 3.04. The van der Waals surface area contributed by atoms with Gasteiger partial charge in [0.15, 0.2) is 25.1 Å². The summed E-state index contributed by atoms with van der Waals surface area (Å²) in [5.41, 5.74) is 2.42. The van der Waals surface area contributed by atoms with Gasteiger partial charge in [0, 0.05) is 36.0 Å². The van der Waals surface area contributed by atoms with Crippen molar-refractivity contribution in [2.75, 3.05) is 33.1 Å². The highest BCUT2D eigenvalue weighted by molar-refractivity contribution is 9.10. The molecule has 3 aromatic rings. The number of pyridine rings is 1. The molecule has 0 saturated carbocycles. The van der Waals surface area contributed by atoms with Crippen LogP contribution in [0.5, 0.6) is 11.5 Å². The van der Waals surface area contributed by atoms with Gasteiger partial charge in [0.2, 0.25) is 0 Å². The molecule has 1 heterocycles. The van der Waals surface area contributed by atoms with Crippen molar-refractivity contribution in [3.8, 4) is 17.6 Å². The molecule has 0 unspecified atom stereocenters. The number of methoxy groups -OCH3 is 2. The SMILES string of the molecule is COCOc1ccc2c(Nc3cccc(Br)c3)c(C#N)cnc2c1OCOC. The van der Waals surface area contributed by atoms with Crippen molar-refractivity contribution in [1.29, 1.82) is 5.26 Å². The zero-order valence-electron chi connectivity index (χ0n) is 15.4. The molecule has 3 rings (SSSR count). The van der Waals surface area contributed by atoms with E-state index in [1.54, 1.807) is 6.07 Å². The summed E-state index contributed by atoms with van der Waals surface area (Å²) < 4.78 is 22.2. The molecule has 144 valence electrons. The van der Waals surface area contributed by atoms with E-state index in [9.17, 15) is 5.26 Å². The largest absolute Gasteiger partial charge is 0.464 e. The van der Waals surface area contributed by atoms with Crippen molar-refractivity contribution < 1.29 is 18.9 Å². The number of anilines is 2. The van der Waals surface area contributed by atoms with Crippen LogP contribution in [0.3, 0.4) is 0 Å². The second-order valence-corrected chi connectivity index (χ2v) is 6.60. The maximum atomic E-state index is 9.56. The van der Waals surface area contributed by atoms with E-state index in [4.69, 9.17) is 18.9 Å². The second kappa shape index (κ2) is 9.37. The average molecular weight is 444 g/mol. The van der Waals surface area contributed by atoms with Gasteiger partial charge in [-0.15, -0.1) is 0 Å². The maximum Gasteiger partial charge on any atom is 0.190 e. The number of hydrogen-bond acceptors (Lipinski definition) is 7. The molecule has 0 aliphatic heterocycles. The van der Waals surface area contributed by atoms with Crippen LogP contribution in [0, 0.1) is 11.3 Å². The highest BCUT2D eigenvalue weighted by Crippen LogP contribution is 2.39. The molecule has 28 heavy (non-hydrogen) atoms. The number of aromatic nitrogens is 1. The van der Waals surface area contributed by atoms with Gasteiger partial charge in [0.1, 0.15) is 11.6 Å². The van der Waals surface area contributed by atoms with E-state index in [-0.39, 0.29) is 13.6 Å². The van der Waals surface area contributed by atoms with Gasteiger partial charge in [-0.2, -0.15) is 5.26 Å². The molecule has 0 aliphatic rings. The molecule has 0 bridgehead atoms. The summed E-state index contributed by atoms with van der Waals surface area (Å²) in [6, 6.07) is 13.4. The van der Waals surface area contributed by atoms with Crippen LogP contribution in [0.4, 0.5) is 11.4 Å². The monoisotopic (exact) mass is 443 g/mol. The quantitative estimate of drug-likeness (QED) is 0.509. The Morgan fingerprint density at radius 3 is 2.61 bits per heavy atom. The molecule has 1 aromatic heterocycles. The lowest BCUT2D eigenvalue weighted by molar-refractivity contribution is 0.0331. The summed E-state index contributed by atoms with van der Waals surface area (Å²) >= 11 is 3.45. The zero-order valence-corrected chi connectivity index (χ0v) is 16.9. The van der Waals surface area contributed by atoms with E-state index < -0.39 is 0 Å². The van der Waals surface area contributed by atoms with Gasteiger partial charge in [-0.05, 0) is 30.3 Å². The lowest BCUT2D eigenvalue weighted by Gasteiger charge is -2.17. The normalized spacial score (nSPS) is 10.5. The fraction of sp³-hybridized carbons (Fsp3) is 0.200. The first-order chi connectivity index (χ1) is 13.7. The van der Waals surface area contributed by atoms with E-state index in [1.807, 2.05) is 30.3 Å². The average Bonchev–Trinajstić information content (AvgIpc) is 2.71. The smallest absolute Gasteiger partial charge is 0.190 e. The van der Waals surface area contributed by atoms with Crippen LogP contribution in [0.1, 0.15) is 5.56 Å². The minimum atomic E-state index is 0.0263. The summed E-state index contributed by atoms with van der Waals surface area (Å²) in [6.07, 6.45) is 1.50. The highest BCUT2D eigenvalue weighted by atomic mass is 79.9. The van der Waals surface area contributed by atoms with Crippen molar-refractivity contribution >= 4 is 38.2 Å². The summed E-state index contributed by atoms with van der Waals surface area (Å²) in [5.74, 6) is 0.884. The summed E-state index contributed by atoms with van der Waals surface area (Å²) in [4.78, 5) is 4.42. The second-order valence-electron chi connectivity index (χ2n) is 5.68. The first kappa shape index (κ1) is 19.9. The van der Waals surface area contributed by atoms with Crippen LogP contribution in [0.2, 0.25) is 0 Å². The Balaban J connectivity index is 2.15. The van der Waals surface area contributed by atoms with E-state index in [0.717, 1.165) is 15.5 Å². The molecule has 0 radical (unpaired) electrons. The van der Waals surface area contributed by atoms with Crippen LogP contribution in [0.15, 0.2) is 47.1 Å². The van der Waals surface area contributed by atoms with Gasteiger partial charge in [0.25, 0.3) is 0 Å². The molecule has 7 nitrogen and oxygen atoms in total. The number of nitriles is 1. The number of benzene rings is 2. The predicted octanol–water partition coefficient (Wildman–Crippen LogP) is 4.58. The maximum absolute atomic E-state index is 9.56. The molecular formula is C20H18BrN3O4. The molecule has 0 aliphatic carbocycles. The minimum absolute atomic E-state index is 0.0263. The molecule has 0 spiro atoms. The molecule has 0 fully saturated rings. The van der Waals surface area contributed by atoms with Gasteiger partial charge in [-0.25, -0.2) is 0 Å². The fourth-order valence-electron chi connectivity index (χ4n) is 2.64. The summed E-state index contributed by atoms with van der Waals surface area (Å²) in [6.45, 7) is 0.0901. The van der Waals surface area contributed by atoms with Crippen molar-refractivity contribution in [3.05, 3.63) is 52.6 Å². The number of ether oxygens (including phenoxy) is 4. The highest BCUT2D eigenvalue weighted by Gasteiger charge is 2.17. The van der Waals surface area contributed by atoms with Gasteiger partial charge < -0.3 is 24.3 Å². The Bertz CT molecular complexity index is 1020. The van der Waals surface area contributed by atoms with E-state index in [0.29, 0.717) is 28.3 Å². The van der Waals surface area contributed by atoms with Crippen LogP contribution >= 0.6 is 15.9 Å². The number of hydrogen-bond donors (Lipinski definition) is 1. The van der Waals surface area contributed by atoms with E-state index in [1.165, 1.54) is 20.4 Å². The number of halogens is 1. The van der Waals surface area contributed by atoms with Crippen molar-refractivity contribution in [2.45, 2.75) is 0 Å². The van der Waals surface area contributed by atoms with Gasteiger partial charge in [0.05, 0.1) is 11.3 Å². The minimum Gasteiger partial charge on any atom is -0.464 e. The zero-order chi connectivity index (χ0) is 19.9. The Morgan fingerprint density at radius 2 is 1.89 bits per heavy atom. The number of fused-ring (bicyclic) bond motifs is 1. The predicted molar refractivity (Wildman–Crippen MR) is 109 cm³/mol. The molecule has 1 N–H and O–H groups in total. The molecule has 2 aromatic carbocycles. The summed E-state index contributed by atoms with van der Waals surface area (Å²) in [7, 11) is 3.07. The van der Waals surface area contributed by atoms with E-state index in [2.05, 4.69) is 32.3 Å². The van der Waals surface area contributed by atoms with Crippen LogP contribution < -0.4 is 14.8 Å². The van der Waals surface area contributed by atoms with Crippen LogP contribution in [-0.4, -0.2) is 32.8 Å². The first-order valence-corrected chi connectivity index (χ1v) is 9.09. The van der Waals surface area contributed by atoms with E-state index >= 15 is 0 Å². The number of nitrogens with zero attached hydrogens (tertiary/aromatic N) is 2. The Kier molecular flexibility index (Phi) is 6.66. The third-order valence-electron chi connectivity index (χ3n) is 3.82. The lowest BCUT2D eigenvalue weighted by atomic mass is 10.1. The third kappa shape index (κ3) is 4.34. The molecule has 0 atom stereocenters. The van der Waals surface area contributed by atoms with Crippen LogP contribution in [-0.2, 0) is 9.47 Å². The van der Waals surface area contributed by atoms with Crippen molar-refractivity contribution in [1.82, 2.24) is 4.98 Å². The lowest BCUT2D eigenvalue weighted by Crippen LogP contribution is -2.06. The van der Waals surface area contributed by atoms with Crippen molar-refractivity contribution in [3.63, 3.8) is 0 Å². The molecule has 0 saturated heterocycles. The van der Waals surface area contributed by atoms with Gasteiger partial charge >= 0.3 is 0 Å². The first-order valence-electron chi connectivity index (χ1n) is 8.29. The molecule has 8 heteroatoms. The topological polar surface area (TPSA) is 85.6 Å².